The molecule has 2 aromatic heterocycles. The first-order chi connectivity index (χ1) is 18.6. The van der Waals surface area contributed by atoms with Crippen LogP contribution in [0.3, 0.4) is 0 Å². The molecule has 1 aliphatic rings. The van der Waals surface area contributed by atoms with Gasteiger partial charge in [0.2, 0.25) is 5.89 Å². The highest BCUT2D eigenvalue weighted by molar-refractivity contribution is 5.71. The van der Waals surface area contributed by atoms with Crippen molar-refractivity contribution in [3.05, 3.63) is 72.3 Å². The predicted molar refractivity (Wildman–Crippen MR) is 145 cm³/mol. The minimum Gasteiger partial charge on any atom is -0.493 e. The van der Waals surface area contributed by atoms with Crippen LogP contribution in [0.15, 0.2) is 59.7 Å². The van der Waals surface area contributed by atoms with Crippen molar-refractivity contribution in [1.82, 2.24) is 14.9 Å². The molecule has 1 aliphatic heterocycles. The van der Waals surface area contributed by atoms with Crippen molar-refractivity contribution in [2.75, 3.05) is 57.5 Å². The van der Waals surface area contributed by atoms with Gasteiger partial charge in [-0.1, -0.05) is 18.2 Å². The number of carbonyl (C=O) groups is 1. The van der Waals surface area contributed by atoms with Crippen LogP contribution in [0.4, 0.5) is 5.82 Å². The van der Waals surface area contributed by atoms with E-state index in [4.69, 9.17) is 23.6 Å². The second-order valence-corrected chi connectivity index (χ2v) is 9.04. The lowest BCUT2D eigenvalue weighted by Gasteiger charge is -2.27. The molecule has 1 aromatic carbocycles. The summed E-state index contributed by atoms with van der Waals surface area (Å²) < 4.78 is 22.5. The summed E-state index contributed by atoms with van der Waals surface area (Å²) in [6, 6.07) is 11.9. The third kappa shape index (κ3) is 7.66. The van der Waals surface area contributed by atoms with E-state index in [1.165, 1.54) is 0 Å². The van der Waals surface area contributed by atoms with Crippen LogP contribution >= 0.6 is 0 Å². The maximum atomic E-state index is 11.9. The molecule has 0 spiro atoms. The summed E-state index contributed by atoms with van der Waals surface area (Å²) in [5.74, 6) is 2.79. The largest absolute Gasteiger partial charge is 0.493 e. The van der Waals surface area contributed by atoms with E-state index in [0.29, 0.717) is 38.6 Å². The molecule has 0 bridgehead atoms. The maximum absolute atomic E-state index is 11.9. The Morgan fingerprint density at radius 1 is 1.24 bits per heavy atom. The number of anilines is 1. The normalized spacial score (nSPS) is 13.5. The van der Waals surface area contributed by atoms with E-state index in [1.54, 1.807) is 19.2 Å². The van der Waals surface area contributed by atoms with Crippen LogP contribution in [0.25, 0.3) is 11.5 Å². The van der Waals surface area contributed by atoms with Crippen molar-refractivity contribution in [3.8, 4) is 17.2 Å². The van der Waals surface area contributed by atoms with Gasteiger partial charge in [-0.25, -0.2) is 9.97 Å². The lowest BCUT2D eigenvalue weighted by Crippen LogP contribution is -2.36. The van der Waals surface area contributed by atoms with Gasteiger partial charge in [0.1, 0.15) is 17.3 Å². The second kappa shape index (κ2) is 13.7. The third-order valence-electron chi connectivity index (χ3n) is 6.18. The Hall–Kier alpha value is -3.69. The van der Waals surface area contributed by atoms with Crippen LogP contribution in [0.5, 0.6) is 5.75 Å². The van der Waals surface area contributed by atoms with Crippen LogP contribution in [0.1, 0.15) is 23.9 Å². The fourth-order valence-corrected chi connectivity index (χ4v) is 4.29. The van der Waals surface area contributed by atoms with Crippen LogP contribution < -0.4 is 9.64 Å². The van der Waals surface area contributed by atoms with Gasteiger partial charge in [-0.3, -0.25) is 9.69 Å². The summed E-state index contributed by atoms with van der Waals surface area (Å²) in [4.78, 5) is 25.4. The quantitative estimate of drug-likeness (QED) is 0.244. The molecule has 0 aliphatic carbocycles. The molecule has 1 fully saturated rings. The Labute approximate surface area is 224 Å². The molecule has 0 atom stereocenters. The van der Waals surface area contributed by atoms with E-state index < -0.39 is 0 Å². The number of aryl methyl sites for hydroxylation is 1. The first kappa shape index (κ1) is 27.3. The van der Waals surface area contributed by atoms with E-state index in [1.807, 2.05) is 48.2 Å². The summed E-state index contributed by atoms with van der Waals surface area (Å²) in [6.45, 7) is 12.9. The Balaban J connectivity index is 1.31. The molecule has 1 saturated heterocycles. The zero-order chi connectivity index (χ0) is 26.7. The number of aromatic nitrogens is 2. The number of hydrogen-bond acceptors (Lipinski definition) is 9. The van der Waals surface area contributed by atoms with Gasteiger partial charge in [0, 0.05) is 38.8 Å². The number of hydrogen-bond donors (Lipinski definition) is 0. The summed E-state index contributed by atoms with van der Waals surface area (Å²) in [6.07, 6.45) is 4.20. The number of ether oxygens (including phenoxy) is 3. The lowest BCUT2D eigenvalue weighted by molar-refractivity contribution is -0.144. The molecule has 0 unspecified atom stereocenters. The highest BCUT2D eigenvalue weighted by Crippen LogP contribution is 2.24. The first-order valence-corrected chi connectivity index (χ1v) is 13.0. The predicted octanol–water partition coefficient (Wildman–Crippen LogP) is 4.05. The van der Waals surface area contributed by atoms with Crippen LogP contribution in [0.2, 0.25) is 0 Å². The lowest BCUT2D eigenvalue weighted by atomic mass is 10.2. The van der Waals surface area contributed by atoms with Crippen molar-refractivity contribution in [1.29, 1.82) is 0 Å². The van der Waals surface area contributed by atoms with Gasteiger partial charge in [0.15, 0.2) is 0 Å². The molecule has 9 nitrogen and oxygen atoms in total. The van der Waals surface area contributed by atoms with Crippen molar-refractivity contribution < 1.29 is 23.4 Å². The molecule has 38 heavy (non-hydrogen) atoms. The molecule has 3 aromatic rings. The number of pyridine rings is 1. The van der Waals surface area contributed by atoms with Gasteiger partial charge < -0.3 is 23.5 Å². The summed E-state index contributed by atoms with van der Waals surface area (Å²) in [5, 5.41) is 0. The van der Waals surface area contributed by atoms with Gasteiger partial charge in [-0.2, -0.15) is 0 Å². The van der Waals surface area contributed by atoms with Crippen molar-refractivity contribution >= 4 is 11.8 Å². The van der Waals surface area contributed by atoms with E-state index in [-0.39, 0.29) is 12.5 Å². The van der Waals surface area contributed by atoms with Crippen LogP contribution in [0, 0.1) is 6.92 Å². The van der Waals surface area contributed by atoms with Crippen molar-refractivity contribution in [2.24, 2.45) is 0 Å². The highest BCUT2D eigenvalue weighted by atomic mass is 16.5. The smallest absolute Gasteiger partial charge is 0.320 e. The average molecular weight is 521 g/mol. The zero-order valence-electron chi connectivity index (χ0n) is 22.2. The van der Waals surface area contributed by atoms with Gasteiger partial charge in [0.05, 0.1) is 44.2 Å². The van der Waals surface area contributed by atoms with Crippen molar-refractivity contribution in [3.63, 3.8) is 0 Å². The second-order valence-electron chi connectivity index (χ2n) is 9.04. The Morgan fingerprint density at radius 2 is 2.08 bits per heavy atom. The average Bonchev–Trinajstić information content (AvgIpc) is 3.30. The monoisotopic (exact) mass is 520 g/mol. The SMILES string of the molecule is C=CCN(CC(=O)OCC)Cc1cccc(OCCc2nc(-c3ccc(N4CCOCC4)nc3)oc2C)c1. The standard InChI is InChI=1S/C29H36N4O5/c1-4-12-32(21-28(34)36-5-2)20-23-7-6-8-25(18-23)37-15-11-26-22(3)38-29(31-26)24-9-10-27(30-19-24)33-13-16-35-17-14-33/h4,6-10,18-19H,1,5,11-17,20-21H2,2-3H3. The van der Waals surface area contributed by atoms with Gasteiger partial charge >= 0.3 is 5.97 Å². The number of rotatable bonds is 13. The fraction of sp³-hybridized carbons (Fsp3) is 0.414. The van der Waals surface area contributed by atoms with E-state index in [2.05, 4.69) is 16.5 Å². The number of esters is 1. The Kier molecular flexibility index (Phi) is 9.89. The van der Waals surface area contributed by atoms with Gasteiger partial charge in [0.25, 0.3) is 0 Å². The third-order valence-corrected chi connectivity index (χ3v) is 6.18. The molecule has 4 rings (SSSR count). The van der Waals surface area contributed by atoms with Gasteiger partial charge in [-0.05, 0) is 43.7 Å². The number of oxazole rings is 1. The minimum absolute atomic E-state index is 0.212. The van der Waals surface area contributed by atoms with E-state index >= 15 is 0 Å². The molecule has 9 heteroatoms. The number of morpholine rings is 1. The zero-order valence-corrected chi connectivity index (χ0v) is 22.2. The molecular weight excluding hydrogens is 484 g/mol. The fourth-order valence-electron chi connectivity index (χ4n) is 4.29. The van der Waals surface area contributed by atoms with E-state index in [0.717, 1.165) is 60.5 Å². The topological polar surface area (TPSA) is 90.2 Å². The Bertz CT molecular complexity index is 1190. The molecule has 0 radical (unpaired) electrons. The summed E-state index contributed by atoms with van der Waals surface area (Å²) in [7, 11) is 0. The van der Waals surface area contributed by atoms with Crippen molar-refractivity contribution in [2.45, 2.75) is 26.8 Å². The Morgan fingerprint density at radius 3 is 2.82 bits per heavy atom. The minimum atomic E-state index is -0.243. The first-order valence-electron chi connectivity index (χ1n) is 13.0. The number of benzene rings is 1. The van der Waals surface area contributed by atoms with Crippen LogP contribution in [-0.2, 0) is 27.2 Å². The maximum Gasteiger partial charge on any atom is 0.320 e. The molecule has 0 amide bonds. The number of nitrogens with zero attached hydrogens (tertiary/aromatic N) is 4. The van der Waals surface area contributed by atoms with Gasteiger partial charge in [-0.15, -0.1) is 6.58 Å². The summed E-state index contributed by atoms with van der Waals surface area (Å²) >= 11 is 0. The molecule has 202 valence electrons. The van der Waals surface area contributed by atoms with E-state index in [9.17, 15) is 4.79 Å². The van der Waals surface area contributed by atoms with Crippen LogP contribution in [-0.4, -0.2) is 73.4 Å². The number of carbonyl (C=O) groups excluding carboxylic acids is 1. The summed E-state index contributed by atoms with van der Waals surface area (Å²) in [5.41, 5.74) is 2.75. The molecular formula is C29H36N4O5. The molecule has 0 saturated carbocycles. The molecule has 0 N–H and O–H groups in total. The highest BCUT2D eigenvalue weighted by Gasteiger charge is 2.16. The molecule has 3 heterocycles.